The van der Waals surface area contributed by atoms with Crippen LogP contribution in [-0.4, -0.2) is 22.4 Å². The standard InChI is InChI=1S/C16H15N3O/c20-16-12-2-1-3-13-14(12)11(6-9-18-16)15(19-13)10-4-7-17-8-5-10/h1,3-5,7-8,12,19H,2,6,9H2,(H,18,20). The van der Waals surface area contributed by atoms with Crippen LogP contribution in [0, 0.1) is 0 Å². The van der Waals surface area contributed by atoms with Crippen molar-refractivity contribution in [2.45, 2.75) is 18.8 Å². The van der Waals surface area contributed by atoms with E-state index in [9.17, 15) is 4.79 Å². The van der Waals surface area contributed by atoms with Gasteiger partial charge in [0.05, 0.1) is 5.92 Å². The highest BCUT2D eigenvalue weighted by Crippen LogP contribution is 2.39. The fourth-order valence-corrected chi connectivity index (χ4v) is 3.24. The number of carbonyl (C=O) groups excluding carboxylic acids is 1. The highest BCUT2D eigenvalue weighted by molar-refractivity contribution is 5.89. The molecular formula is C16H15N3O. The van der Waals surface area contributed by atoms with Crippen LogP contribution < -0.4 is 5.32 Å². The summed E-state index contributed by atoms with van der Waals surface area (Å²) in [7, 11) is 0. The van der Waals surface area contributed by atoms with Crippen molar-refractivity contribution in [2.24, 2.45) is 0 Å². The summed E-state index contributed by atoms with van der Waals surface area (Å²) in [6, 6.07) is 4.01. The monoisotopic (exact) mass is 265 g/mol. The zero-order chi connectivity index (χ0) is 13.5. The molecule has 2 aromatic heterocycles. The van der Waals surface area contributed by atoms with Crippen LogP contribution in [0.3, 0.4) is 0 Å². The Morgan fingerprint density at radius 2 is 2.10 bits per heavy atom. The van der Waals surface area contributed by atoms with Gasteiger partial charge >= 0.3 is 0 Å². The zero-order valence-corrected chi connectivity index (χ0v) is 11.0. The molecule has 2 N–H and O–H groups in total. The molecule has 4 rings (SSSR count). The minimum absolute atomic E-state index is 0.0423. The lowest BCUT2D eigenvalue weighted by atomic mass is 9.87. The highest BCUT2D eigenvalue weighted by atomic mass is 16.1. The van der Waals surface area contributed by atoms with Crippen molar-refractivity contribution in [3.05, 3.63) is 47.4 Å². The molecule has 0 saturated heterocycles. The largest absolute Gasteiger partial charge is 0.355 e. The van der Waals surface area contributed by atoms with Gasteiger partial charge < -0.3 is 10.3 Å². The average Bonchev–Trinajstić information content (AvgIpc) is 2.78. The molecule has 20 heavy (non-hydrogen) atoms. The van der Waals surface area contributed by atoms with E-state index in [4.69, 9.17) is 0 Å². The summed E-state index contributed by atoms with van der Waals surface area (Å²) < 4.78 is 0. The van der Waals surface area contributed by atoms with Gasteiger partial charge in [0.25, 0.3) is 0 Å². The maximum Gasteiger partial charge on any atom is 0.227 e. The Balaban J connectivity index is 1.95. The Labute approximate surface area is 116 Å². The van der Waals surface area contributed by atoms with Gasteiger partial charge in [-0.2, -0.15) is 0 Å². The molecule has 0 radical (unpaired) electrons. The van der Waals surface area contributed by atoms with E-state index in [1.54, 1.807) is 12.4 Å². The number of allylic oxidation sites excluding steroid dienone is 1. The molecule has 2 aliphatic rings. The Kier molecular flexibility index (Phi) is 2.49. The van der Waals surface area contributed by atoms with Crippen LogP contribution in [-0.2, 0) is 11.2 Å². The van der Waals surface area contributed by atoms with Gasteiger partial charge in [-0.15, -0.1) is 0 Å². The van der Waals surface area contributed by atoms with E-state index in [2.05, 4.69) is 27.4 Å². The second-order valence-corrected chi connectivity index (χ2v) is 5.27. The van der Waals surface area contributed by atoms with E-state index in [0.717, 1.165) is 29.8 Å². The molecular weight excluding hydrogens is 250 g/mol. The first kappa shape index (κ1) is 11.5. The van der Waals surface area contributed by atoms with Crippen molar-refractivity contribution >= 4 is 12.0 Å². The van der Waals surface area contributed by atoms with Gasteiger partial charge in [-0.25, -0.2) is 0 Å². The second kappa shape index (κ2) is 4.34. The first-order valence-corrected chi connectivity index (χ1v) is 6.94. The van der Waals surface area contributed by atoms with Gasteiger partial charge in [-0.05, 0) is 42.2 Å². The Morgan fingerprint density at radius 3 is 2.95 bits per heavy atom. The van der Waals surface area contributed by atoms with E-state index >= 15 is 0 Å². The number of amides is 1. The van der Waals surface area contributed by atoms with E-state index in [0.29, 0.717) is 6.54 Å². The highest BCUT2D eigenvalue weighted by Gasteiger charge is 2.32. The van der Waals surface area contributed by atoms with E-state index in [-0.39, 0.29) is 11.8 Å². The number of rotatable bonds is 1. The Morgan fingerprint density at radius 1 is 1.25 bits per heavy atom. The van der Waals surface area contributed by atoms with Crippen molar-refractivity contribution in [1.82, 2.24) is 15.3 Å². The van der Waals surface area contributed by atoms with Crippen LogP contribution in [0.1, 0.15) is 29.2 Å². The van der Waals surface area contributed by atoms with Gasteiger partial charge in [0, 0.05) is 35.9 Å². The molecule has 100 valence electrons. The number of carbonyl (C=O) groups is 1. The summed E-state index contributed by atoms with van der Waals surface area (Å²) in [6.45, 7) is 0.706. The van der Waals surface area contributed by atoms with Gasteiger partial charge in [0.1, 0.15) is 0 Å². The molecule has 1 aliphatic heterocycles. The molecule has 3 heterocycles. The fraction of sp³-hybridized carbons (Fsp3) is 0.250. The molecule has 0 fully saturated rings. The Bertz CT molecular complexity index is 700. The Hall–Kier alpha value is -2.36. The van der Waals surface area contributed by atoms with Crippen molar-refractivity contribution in [2.75, 3.05) is 6.54 Å². The minimum Gasteiger partial charge on any atom is -0.355 e. The van der Waals surface area contributed by atoms with Crippen LogP contribution in [0.5, 0.6) is 0 Å². The fourth-order valence-electron chi connectivity index (χ4n) is 3.24. The first-order valence-electron chi connectivity index (χ1n) is 6.94. The number of aromatic amines is 1. The predicted octanol–water partition coefficient (Wildman–Crippen LogP) is 2.25. The summed E-state index contributed by atoms with van der Waals surface area (Å²) in [6.07, 6.45) is 9.44. The summed E-state index contributed by atoms with van der Waals surface area (Å²) in [5, 5.41) is 3.02. The maximum atomic E-state index is 12.2. The van der Waals surface area contributed by atoms with Crippen LogP contribution in [0.15, 0.2) is 30.6 Å². The van der Waals surface area contributed by atoms with E-state index in [1.165, 1.54) is 11.1 Å². The molecule has 1 atom stereocenters. The number of hydrogen-bond acceptors (Lipinski definition) is 2. The molecule has 4 heteroatoms. The van der Waals surface area contributed by atoms with Crippen LogP contribution >= 0.6 is 0 Å². The van der Waals surface area contributed by atoms with Crippen LogP contribution in [0.2, 0.25) is 0 Å². The SMILES string of the molecule is O=C1NCCc2c(-c3ccncc3)[nH]c3c2C1CC=C3. The quantitative estimate of drug-likeness (QED) is 0.831. The summed E-state index contributed by atoms with van der Waals surface area (Å²) in [5.74, 6) is 0.106. The van der Waals surface area contributed by atoms with Crippen LogP contribution in [0.25, 0.3) is 17.3 Å². The number of H-pyrrole nitrogens is 1. The predicted molar refractivity (Wildman–Crippen MR) is 77.1 cm³/mol. The normalized spacial score (nSPS) is 20.2. The summed E-state index contributed by atoms with van der Waals surface area (Å²) in [4.78, 5) is 19.7. The third-order valence-corrected chi connectivity index (χ3v) is 4.14. The third-order valence-electron chi connectivity index (χ3n) is 4.14. The van der Waals surface area contributed by atoms with Crippen LogP contribution in [0.4, 0.5) is 0 Å². The second-order valence-electron chi connectivity index (χ2n) is 5.27. The molecule has 1 amide bonds. The number of aromatic nitrogens is 2. The molecule has 1 aliphatic carbocycles. The van der Waals surface area contributed by atoms with E-state index < -0.39 is 0 Å². The lowest BCUT2D eigenvalue weighted by molar-refractivity contribution is -0.122. The van der Waals surface area contributed by atoms with Gasteiger partial charge in [0.15, 0.2) is 0 Å². The lowest BCUT2D eigenvalue weighted by Crippen LogP contribution is -2.28. The molecule has 1 unspecified atom stereocenters. The smallest absolute Gasteiger partial charge is 0.227 e. The number of nitrogens with zero attached hydrogens (tertiary/aromatic N) is 1. The molecule has 2 aromatic rings. The molecule has 0 spiro atoms. The van der Waals surface area contributed by atoms with Gasteiger partial charge in [-0.1, -0.05) is 6.08 Å². The van der Waals surface area contributed by atoms with Crippen molar-refractivity contribution in [1.29, 1.82) is 0 Å². The minimum atomic E-state index is -0.0423. The van der Waals surface area contributed by atoms with Crippen molar-refractivity contribution in [3.8, 4) is 11.3 Å². The number of hydrogen-bond donors (Lipinski definition) is 2. The lowest BCUT2D eigenvalue weighted by Gasteiger charge is -2.16. The first-order chi connectivity index (χ1) is 9.84. The third kappa shape index (κ3) is 1.61. The van der Waals surface area contributed by atoms with Gasteiger partial charge in [0.2, 0.25) is 5.91 Å². The summed E-state index contributed by atoms with van der Waals surface area (Å²) >= 11 is 0. The van der Waals surface area contributed by atoms with Gasteiger partial charge in [-0.3, -0.25) is 9.78 Å². The molecule has 0 bridgehead atoms. The number of nitrogens with one attached hydrogen (secondary N) is 2. The maximum absolute atomic E-state index is 12.2. The molecule has 4 nitrogen and oxygen atoms in total. The van der Waals surface area contributed by atoms with Crippen molar-refractivity contribution < 1.29 is 4.79 Å². The zero-order valence-electron chi connectivity index (χ0n) is 11.0. The average molecular weight is 265 g/mol. The number of pyridine rings is 1. The van der Waals surface area contributed by atoms with Crippen molar-refractivity contribution in [3.63, 3.8) is 0 Å². The summed E-state index contributed by atoms with van der Waals surface area (Å²) in [5.41, 5.74) is 5.81. The molecule has 0 saturated carbocycles. The van der Waals surface area contributed by atoms with E-state index in [1.807, 2.05) is 12.1 Å². The topological polar surface area (TPSA) is 57.8 Å². The molecule has 0 aromatic carbocycles.